The topological polar surface area (TPSA) is 54.0 Å². The molecular weight excluding hydrogens is 483 g/mol. The average molecular weight is 515 g/mol. The maximum atomic E-state index is 15.5. The van der Waals surface area contributed by atoms with Crippen molar-refractivity contribution in [1.29, 1.82) is 0 Å². The number of methoxy groups -OCH3 is 2. The summed E-state index contributed by atoms with van der Waals surface area (Å²) in [6, 6.07) is 9.60. The minimum absolute atomic E-state index is 0.303. The third-order valence-corrected chi connectivity index (χ3v) is 9.91. The normalized spacial score (nSPS) is 14.2. The fourth-order valence-corrected chi connectivity index (χ4v) is 8.62. The molecule has 3 aromatic carbocycles. The summed E-state index contributed by atoms with van der Waals surface area (Å²) in [6.45, 7) is 13.4. The number of hydrogen-bond acceptors (Lipinski definition) is 5. The standard InChI is InChI=1S/C28H32ClO5P/c1-15-10-20(11-16(2)24(15)31-8)35(30,21-12-17(3)25(32-9)18(4)13-21)22-14-19(5)26-27(23(22)29)34-28(6,7)33-26/h10-14H,1-9H3. The zero-order chi connectivity index (χ0) is 25.9. The molecule has 0 atom stereocenters. The lowest BCUT2D eigenvalue weighted by molar-refractivity contribution is -0.0433. The molecule has 0 saturated heterocycles. The Bertz CT molecular complexity index is 1280. The van der Waals surface area contributed by atoms with Crippen LogP contribution in [0.25, 0.3) is 0 Å². The van der Waals surface area contributed by atoms with E-state index < -0.39 is 12.9 Å². The van der Waals surface area contributed by atoms with Gasteiger partial charge in [0.1, 0.15) is 11.5 Å². The number of benzene rings is 3. The van der Waals surface area contributed by atoms with Crippen molar-refractivity contribution in [1.82, 2.24) is 0 Å². The van der Waals surface area contributed by atoms with Gasteiger partial charge in [-0.1, -0.05) is 11.6 Å². The van der Waals surface area contributed by atoms with Gasteiger partial charge < -0.3 is 23.5 Å². The van der Waals surface area contributed by atoms with Gasteiger partial charge in [-0.3, -0.25) is 0 Å². The van der Waals surface area contributed by atoms with Gasteiger partial charge in [-0.2, -0.15) is 0 Å². The summed E-state index contributed by atoms with van der Waals surface area (Å²) in [6.07, 6.45) is 0. The predicted molar refractivity (Wildman–Crippen MR) is 143 cm³/mol. The summed E-state index contributed by atoms with van der Waals surface area (Å²) in [4.78, 5) is 0. The fourth-order valence-electron chi connectivity index (χ4n) is 4.98. The van der Waals surface area contributed by atoms with Gasteiger partial charge >= 0.3 is 0 Å². The Kier molecular flexibility index (Phi) is 6.40. The molecule has 0 aromatic heterocycles. The van der Waals surface area contributed by atoms with Gasteiger partial charge in [0, 0.05) is 29.8 Å². The summed E-state index contributed by atoms with van der Waals surface area (Å²) in [7, 11) is -0.175. The quantitative estimate of drug-likeness (QED) is 0.388. The number of rotatable bonds is 5. The summed E-state index contributed by atoms with van der Waals surface area (Å²) in [5, 5.41) is 2.18. The molecule has 0 aliphatic carbocycles. The van der Waals surface area contributed by atoms with Crippen molar-refractivity contribution in [3.8, 4) is 23.0 Å². The first-order valence-electron chi connectivity index (χ1n) is 11.5. The number of halogens is 1. The lowest BCUT2D eigenvalue weighted by atomic mass is 10.1. The van der Waals surface area contributed by atoms with E-state index in [0.717, 1.165) is 39.3 Å². The van der Waals surface area contributed by atoms with E-state index in [9.17, 15) is 0 Å². The first kappa shape index (κ1) is 25.5. The van der Waals surface area contributed by atoms with Crippen LogP contribution in [0.2, 0.25) is 5.02 Å². The van der Waals surface area contributed by atoms with Gasteiger partial charge in [-0.15, -0.1) is 0 Å². The van der Waals surface area contributed by atoms with E-state index in [1.54, 1.807) is 14.2 Å². The molecule has 0 radical (unpaired) electrons. The molecule has 186 valence electrons. The van der Waals surface area contributed by atoms with Gasteiger partial charge in [0.15, 0.2) is 18.6 Å². The van der Waals surface area contributed by atoms with E-state index in [0.29, 0.717) is 32.4 Å². The van der Waals surface area contributed by atoms with Crippen LogP contribution in [0, 0.1) is 34.6 Å². The molecule has 1 aliphatic heterocycles. The average Bonchev–Trinajstić information content (AvgIpc) is 3.11. The molecule has 0 bridgehead atoms. The van der Waals surface area contributed by atoms with Crippen molar-refractivity contribution in [3.05, 3.63) is 63.2 Å². The lowest BCUT2D eigenvalue weighted by Crippen LogP contribution is -2.30. The summed E-state index contributed by atoms with van der Waals surface area (Å²) < 4.78 is 38.7. The Morgan fingerprint density at radius 1 is 0.714 bits per heavy atom. The Hall–Kier alpha value is -2.62. The highest BCUT2D eigenvalue weighted by molar-refractivity contribution is 7.85. The molecule has 1 aliphatic rings. The van der Waals surface area contributed by atoms with E-state index in [4.69, 9.17) is 30.5 Å². The number of hydrogen-bond donors (Lipinski definition) is 0. The number of aryl methyl sites for hydroxylation is 5. The third-order valence-electron chi connectivity index (χ3n) is 6.40. The molecule has 4 rings (SSSR count). The van der Waals surface area contributed by atoms with Crippen LogP contribution < -0.4 is 34.9 Å². The highest BCUT2D eigenvalue weighted by atomic mass is 35.5. The van der Waals surface area contributed by atoms with E-state index in [2.05, 4.69) is 0 Å². The molecular formula is C28H32ClO5P. The van der Waals surface area contributed by atoms with Crippen molar-refractivity contribution >= 4 is 34.7 Å². The van der Waals surface area contributed by atoms with Crippen LogP contribution in [-0.4, -0.2) is 20.0 Å². The van der Waals surface area contributed by atoms with Crippen LogP contribution >= 0.6 is 18.7 Å². The van der Waals surface area contributed by atoms with E-state index in [1.807, 2.05) is 78.8 Å². The maximum absolute atomic E-state index is 15.5. The molecule has 1 heterocycles. The highest BCUT2D eigenvalue weighted by Gasteiger charge is 2.41. The Morgan fingerprint density at radius 2 is 1.11 bits per heavy atom. The number of ether oxygens (including phenoxy) is 4. The second kappa shape index (κ2) is 8.80. The molecule has 0 N–H and O–H groups in total. The van der Waals surface area contributed by atoms with Crippen molar-refractivity contribution in [2.45, 2.75) is 54.3 Å². The molecule has 3 aromatic rings. The Balaban J connectivity index is 2.10. The first-order valence-corrected chi connectivity index (χ1v) is 13.6. The second-order valence-electron chi connectivity index (χ2n) is 9.62. The molecule has 7 heteroatoms. The maximum Gasteiger partial charge on any atom is 0.246 e. The van der Waals surface area contributed by atoms with Crippen LogP contribution in [0.3, 0.4) is 0 Å². The summed E-state index contributed by atoms with van der Waals surface area (Å²) >= 11 is 6.99. The van der Waals surface area contributed by atoms with Gasteiger partial charge in [0.2, 0.25) is 5.79 Å². The third kappa shape index (κ3) is 4.09. The highest BCUT2D eigenvalue weighted by Crippen LogP contribution is 2.53. The fraction of sp³-hybridized carbons (Fsp3) is 0.357. The largest absolute Gasteiger partial charge is 0.496 e. The summed E-state index contributed by atoms with van der Waals surface area (Å²) in [5.74, 6) is 1.70. The predicted octanol–water partition coefficient (Wildman–Crippen LogP) is 6.05. The van der Waals surface area contributed by atoms with Crippen molar-refractivity contribution in [2.24, 2.45) is 0 Å². The molecule has 0 saturated carbocycles. The second-order valence-corrected chi connectivity index (χ2v) is 12.7. The van der Waals surface area contributed by atoms with Gasteiger partial charge in [-0.05, 0) is 92.8 Å². The first-order chi connectivity index (χ1) is 16.3. The zero-order valence-corrected chi connectivity index (χ0v) is 23.4. The Morgan fingerprint density at radius 3 is 1.51 bits per heavy atom. The van der Waals surface area contributed by atoms with Crippen LogP contribution in [0.5, 0.6) is 23.0 Å². The molecule has 0 unspecified atom stereocenters. The van der Waals surface area contributed by atoms with E-state index in [-0.39, 0.29) is 0 Å². The SMILES string of the molecule is COc1c(C)cc(P(=O)(c2cc(C)c(OC)c(C)c2)c2cc(C)c3c(c2Cl)OC(C)(C)O3)cc1C. The van der Waals surface area contributed by atoms with E-state index in [1.165, 1.54) is 0 Å². The van der Waals surface area contributed by atoms with Crippen LogP contribution in [0.1, 0.15) is 41.7 Å². The van der Waals surface area contributed by atoms with Crippen LogP contribution in [-0.2, 0) is 4.57 Å². The monoisotopic (exact) mass is 514 g/mol. The molecule has 0 spiro atoms. The zero-order valence-electron chi connectivity index (χ0n) is 21.8. The smallest absolute Gasteiger partial charge is 0.246 e. The van der Waals surface area contributed by atoms with Crippen molar-refractivity contribution < 1.29 is 23.5 Å². The van der Waals surface area contributed by atoms with E-state index >= 15 is 4.57 Å². The molecule has 35 heavy (non-hydrogen) atoms. The van der Waals surface area contributed by atoms with Crippen LogP contribution in [0.15, 0.2) is 30.3 Å². The lowest BCUT2D eigenvalue weighted by Gasteiger charge is -2.25. The van der Waals surface area contributed by atoms with Crippen molar-refractivity contribution in [3.63, 3.8) is 0 Å². The Labute approximate surface area is 212 Å². The van der Waals surface area contributed by atoms with Gasteiger partial charge in [-0.25, -0.2) is 0 Å². The van der Waals surface area contributed by atoms with Crippen LogP contribution in [0.4, 0.5) is 0 Å². The molecule has 5 nitrogen and oxygen atoms in total. The minimum atomic E-state index is -3.46. The summed E-state index contributed by atoms with van der Waals surface area (Å²) in [5.41, 5.74) is 4.42. The molecule has 0 amide bonds. The number of fused-ring (bicyclic) bond motifs is 1. The minimum Gasteiger partial charge on any atom is -0.496 e. The molecule has 0 fully saturated rings. The van der Waals surface area contributed by atoms with Crippen molar-refractivity contribution in [2.75, 3.05) is 14.2 Å². The van der Waals surface area contributed by atoms with Gasteiger partial charge in [0.05, 0.1) is 19.2 Å². The van der Waals surface area contributed by atoms with Gasteiger partial charge in [0.25, 0.3) is 0 Å².